The molecule has 3 amide bonds. The van der Waals surface area contributed by atoms with E-state index in [1.807, 2.05) is 52.6 Å². The van der Waals surface area contributed by atoms with Crippen LogP contribution in [-0.4, -0.2) is 187 Å². The van der Waals surface area contributed by atoms with E-state index in [2.05, 4.69) is 40.3 Å². The van der Waals surface area contributed by atoms with Crippen molar-refractivity contribution in [2.45, 2.75) is 122 Å². The fraction of sp³-hybridized carbons (Fsp3) is 0.625. The highest BCUT2D eigenvalue weighted by Crippen LogP contribution is 2.45. The van der Waals surface area contributed by atoms with E-state index in [9.17, 15) is 19.2 Å². The molecule has 5 aromatic rings. The summed E-state index contributed by atoms with van der Waals surface area (Å²) >= 11 is 1.82. The zero-order valence-electron chi connectivity index (χ0n) is 50.9. The molecule has 5 heterocycles. The Morgan fingerprint density at radius 2 is 1.31 bits per heavy atom. The number of fused-ring (bicyclic) bond motifs is 6. The number of carbonyl (C=O) groups is 4. The molecule has 1 aliphatic carbocycles. The van der Waals surface area contributed by atoms with Crippen molar-refractivity contribution in [2.75, 3.05) is 138 Å². The smallest absolute Gasteiger partial charge is 0.407 e. The summed E-state index contributed by atoms with van der Waals surface area (Å²) in [6, 6.07) is 17.3. The summed E-state index contributed by atoms with van der Waals surface area (Å²) in [5, 5.41) is 5.44. The molecule has 0 saturated carbocycles. The minimum Gasteiger partial charge on any atom is -0.460 e. The first kappa shape index (κ1) is 66.1. The van der Waals surface area contributed by atoms with E-state index in [0.717, 1.165) is 122 Å². The van der Waals surface area contributed by atoms with Crippen molar-refractivity contribution in [3.63, 3.8) is 0 Å². The zero-order valence-corrected chi connectivity index (χ0v) is 51.7. The molecule has 472 valence electrons. The second-order valence-corrected chi connectivity index (χ2v) is 24.1. The van der Waals surface area contributed by atoms with Gasteiger partial charge < -0.3 is 73.2 Å². The average molecular weight is 1210 g/mol. The number of imidazole rings is 1. The highest BCUT2D eigenvalue weighted by atomic mass is 32.1. The third-order valence-corrected chi connectivity index (χ3v) is 16.8. The molecule has 8 rings (SSSR count). The maximum absolute atomic E-state index is 13.3. The number of rotatable bonds is 37. The summed E-state index contributed by atoms with van der Waals surface area (Å²) in [4.78, 5) is 65.2. The number of nitrogen functional groups attached to an aromatic ring is 1. The normalized spacial score (nSPS) is 15.3. The molecule has 0 bridgehead atoms. The molecular formula is C64H91N7O14S. The van der Waals surface area contributed by atoms with E-state index in [0.29, 0.717) is 110 Å². The minimum atomic E-state index is -1.04. The Labute approximate surface area is 509 Å². The summed E-state index contributed by atoms with van der Waals surface area (Å²) in [7, 11) is 0. The molecule has 2 fully saturated rings. The number of aromatic nitrogens is 3. The van der Waals surface area contributed by atoms with Crippen LogP contribution in [0, 0.1) is 5.92 Å². The lowest BCUT2D eigenvalue weighted by Crippen LogP contribution is -2.48. The first-order valence-electron chi connectivity index (χ1n) is 31.0. The Morgan fingerprint density at radius 3 is 1.90 bits per heavy atom. The van der Waals surface area contributed by atoms with Gasteiger partial charge in [0, 0.05) is 63.0 Å². The number of aryl methyl sites for hydroxylation is 1. The van der Waals surface area contributed by atoms with Crippen LogP contribution in [0.5, 0.6) is 0 Å². The van der Waals surface area contributed by atoms with Crippen LogP contribution in [0.1, 0.15) is 119 Å². The van der Waals surface area contributed by atoms with Crippen LogP contribution in [0.15, 0.2) is 54.6 Å². The van der Waals surface area contributed by atoms with Gasteiger partial charge in [0.15, 0.2) is 5.82 Å². The van der Waals surface area contributed by atoms with Gasteiger partial charge in [-0.05, 0) is 99.5 Å². The van der Waals surface area contributed by atoms with Gasteiger partial charge in [0.05, 0.1) is 115 Å². The highest BCUT2D eigenvalue weighted by molar-refractivity contribution is 7.20. The number of alkyl carbamates (subject to hydrolysis) is 1. The minimum absolute atomic E-state index is 0.0221. The average Bonchev–Trinajstić information content (AvgIpc) is 1.67. The molecule has 21 nitrogen and oxygen atoms in total. The molecule has 2 saturated heterocycles. The molecule has 0 unspecified atom stereocenters. The number of nitrogens with zero attached hydrogens (tertiary/aromatic N) is 4. The first-order valence-corrected chi connectivity index (χ1v) is 31.8. The largest absolute Gasteiger partial charge is 0.460 e. The van der Waals surface area contributed by atoms with Crippen LogP contribution < -0.4 is 16.4 Å². The summed E-state index contributed by atoms with van der Waals surface area (Å²) in [5.41, 5.74) is 13.1. The Morgan fingerprint density at radius 1 is 0.744 bits per heavy atom. The van der Waals surface area contributed by atoms with E-state index >= 15 is 0 Å². The number of likely N-dealkylation sites (tertiary alicyclic amines) is 1. The van der Waals surface area contributed by atoms with Crippen LogP contribution in [0.3, 0.4) is 0 Å². The zero-order chi connectivity index (χ0) is 60.5. The van der Waals surface area contributed by atoms with Gasteiger partial charge in [0.25, 0.3) is 0 Å². The number of esters is 1. The summed E-state index contributed by atoms with van der Waals surface area (Å²) in [6.45, 7) is 17.2. The third kappa shape index (κ3) is 20.1. The first-order chi connectivity index (χ1) is 41.9. The number of pyridine rings is 1. The molecular weight excluding hydrogens is 1120 g/mol. The van der Waals surface area contributed by atoms with Crippen LogP contribution in [0.4, 0.5) is 10.6 Å². The van der Waals surface area contributed by atoms with Gasteiger partial charge in [0.2, 0.25) is 11.8 Å². The number of ether oxygens (including phenoxy) is 10. The van der Waals surface area contributed by atoms with Crippen molar-refractivity contribution in [1.82, 2.24) is 30.1 Å². The van der Waals surface area contributed by atoms with Crippen molar-refractivity contribution in [1.29, 1.82) is 0 Å². The van der Waals surface area contributed by atoms with Gasteiger partial charge in [-0.25, -0.2) is 14.8 Å². The molecule has 86 heavy (non-hydrogen) atoms. The number of unbranched alkanes of at least 4 members (excludes halogenated alkanes) is 1. The van der Waals surface area contributed by atoms with Crippen LogP contribution in [-0.2, 0) is 74.7 Å². The van der Waals surface area contributed by atoms with E-state index < -0.39 is 29.6 Å². The van der Waals surface area contributed by atoms with Crippen molar-refractivity contribution in [2.24, 2.45) is 5.92 Å². The second kappa shape index (κ2) is 34.7. The Hall–Kier alpha value is -5.82. The molecule has 0 spiro atoms. The number of thiophene rings is 1. The van der Waals surface area contributed by atoms with E-state index in [-0.39, 0.29) is 44.4 Å². The van der Waals surface area contributed by atoms with Crippen molar-refractivity contribution < 1.29 is 66.5 Å². The number of nitrogens with two attached hydrogens (primary N) is 1. The number of hydrogen-bond donors (Lipinski definition) is 3. The maximum Gasteiger partial charge on any atom is 0.407 e. The highest BCUT2D eigenvalue weighted by Gasteiger charge is 2.32. The van der Waals surface area contributed by atoms with Gasteiger partial charge >= 0.3 is 12.1 Å². The van der Waals surface area contributed by atoms with Crippen LogP contribution >= 0.6 is 11.3 Å². The Kier molecular flexibility index (Phi) is 26.6. The molecule has 2 aliphatic heterocycles. The van der Waals surface area contributed by atoms with E-state index in [1.54, 1.807) is 20.8 Å². The van der Waals surface area contributed by atoms with Gasteiger partial charge in [0.1, 0.15) is 29.6 Å². The van der Waals surface area contributed by atoms with E-state index in [4.69, 9.17) is 63.1 Å². The van der Waals surface area contributed by atoms with Crippen molar-refractivity contribution >= 4 is 62.3 Å². The quantitative estimate of drug-likeness (QED) is 0.0250. The molecule has 4 N–H and O–H groups in total. The van der Waals surface area contributed by atoms with Crippen LogP contribution in [0.25, 0.3) is 32.4 Å². The number of hydrogen-bond acceptors (Lipinski definition) is 18. The lowest BCUT2D eigenvalue weighted by Gasteiger charge is -2.31. The SMILES string of the molecule is CCCCc1nc2c(N)nc3cc(C4CCN(C(=O)CCOCCOCCOCCOCCOCCOCCOCCNC(=O)[C@H](CCC(=O)OC(C)(C)C)NC(=O)OCC5c6ccccc6-c6ccccc65)CC4)sc3c2n1CC1CCOCC1. The summed E-state index contributed by atoms with van der Waals surface area (Å²) in [5.74, 6) is 1.55. The summed E-state index contributed by atoms with van der Waals surface area (Å²) < 4.78 is 59.8. The molecule has 3 aromatic heterocycles. The Balaban J connectivity index is 0.590. The number of anilines is 1. The topological polar surface area (TPSA) is 245 Å². The molecule has 3 aliphatic rings. The number of amides is 3. The Bertz CT molecular complexity index is 2870. The molecule has 2 aromatic carbocycles. The van der Waals surface area contributed by atoms with Crippen molar-refractivity contribution in [3.05, 3.63) is 76.4 Å². The monoisotopic (exact) mass is 1210 g/mol. The fourth-order valence-electron chi connectivity index (χ4n) is 11.1. The summed E-state index contributed by atoms with van der Waals surface area (Å²) in [6.07, 6.45) is 6.58. The lowest BCUT2D eigenvalue weighted by atomic mass is 9.95. The third-order valence-electron chi connectivity index (χ3n) is 15.5. The predicted molar refractivity (Wildman–Crippen MR) is 328 cm³/mol. The maximum atomic E-state index is 13.3. The standard InChI is InChI=1S/C64H91N7O14S/c1-5-6-15-55-69-58-59(71(55)43-45-20-26-76-27-21-45)60-53(67-61(58)65)42-54(86-60)46-18-24-70(25-19-46)56(72)22-28-77-30-32-79-34-36-81-38-40-83-41-39-82-37-35-80-33-31-78-29-23-66-62(74)52(16-17-57(73)85-64(2,3)4)68-63(75)84-44-51-49-13-9-7-11-47(49)48-12-8-10-14-50(48)51/h7-14,42,45-46,51-52H,5-6,15-41,43-44H2,1-4H3,(H2,65,67)(H,66,74)(H,68,75)/t52-/m0/s1. The predicted octanol–water partition coefficient (Wildman–Crippen LogP) is 8.36. The van der Waals surface area contributed by atoms with E-state index in [1.165, 1.54) is 9.58 Å². The number of nitrogens with one attached hydrogen (secondary N) is 2. The number of carbonyl (C=O) groups excluding carboxylic acids is 4. The number of benzene rings is 2. The lowest BCUT2D eigenvalue weighted by molar-refractivity contribution is -0.155. The second-order valence-electron chi connectivity index (χ2n) is 23.0. The van der Waals surface area contributed by atoms with Crippen molar-refractivity contribution in [3.8, 4) is 11.1 Å². The van der Waals surface area contributed by atoms with Gasteiger partial charge in [-0.15, -0.1) is 11.3 Å². The van der Waals surface area contributed by atoms with Gasteiger partial charge in [-0.1, -0.05) is 61.9 Å². The molecule has 1 atom stereocenters. The van der Waals surface area contributed by atoms with Gasteiger partial charge in [-0.2, -0.15) is 0 Å². The molecule has 22 heteroatoms. The number of piperidine rings is 1. The molecule has 0 radical (unpaired) electrons. The van der Waals surface area contributed by atoms with Crippen LogP contribution in [0.2, 0.25) is 0 Å². The fourth-order valence-corrected chi connectivity index (χ4v) is 12.4. The van der Waals surface area contributed by atoms with Gasteiger partial charge in [-0.3, -0.25) is 14.4 Å².